The van der Waals surface area contributed by atoms with Crippen LogP contribution in [0.2, 0.25) is 0 Å². The summed E-state index contributed by atoms with van der Waals surface area (Å²) in [7, 11) is 0. The summed E-state index contributed by atoms with van der Waals surface area (Å²) in [5, 5.41) is 16.7. The number of hydrogen-bond acceptors (Lipinski definition) is 7. The molecule has 0 unspecified atom stereocenters. The summed E-state index contributed by atoms with van der Waals surface area (Å²) in [6.07, 6.45) is 5.93. The number of ether oxygens (including phenoxy) is 1. The molecule has 3 N–H and O–H groups in total. The van der Waals surface area contributed by atoms with Crippen molar-refractivity contribution in [3.63, 3.8) is 0 Å². The molecule has 4 heterocycles. The van der Waals surface area contributed by atoms with Gasteiger partial charge in [-0.15, -0.1) is 0 Å². The highest BCUT2D eigenvalue weighted by molar-refractivity contribution is 5.97. The number of nitrogens with two attached hydrogens (primary N) is 1. The number of hydrogen-bond donors (Lipinski definition) is 2. The van der Waals surface area contributed by atoms with Gasteiger partial charge in [-0.05, 0) is 42.9 Å². The number of nitrogen functional groups attached to an aromatic ring is 1. The van der Waals surface area contributed by atoms with Crippen LogP contribution in [0.1, 0.15) is 35.8 Å². The van der Waals surface area contributed by atoms with Crippen molar-refractivity contribution in [2.75, 3.05) is 18.9 Å². The Morgan fingerprint density at radius 3 is 2.78 bits per heavy atom. The lowest BCUT2D eigenvalue weighted by molar-refractivity contribution is 0.0679. The molecule has 5 rings (SSSR count). The van der Waals surface area contributed by atoms with Crippen molar-refractivity contribution in [3.8, 4) is 0 Å². The molecule has 36 heavy (non-hydrogen) atoms. The predicted molar refractivity (Wildman–Crippen MR) is 141 cm³/mol. The van der Waals surface area contributed by atoms with Gasteiger partial charge in [0.05, 0.1) is 17.3 Å². The van der Waals surface area contributed by atoms with E-state index in [0.717, 1.165) is 34.9 Å². The normalized spacial score (nSPS) is 15.0. The molecule has 0 bridgehead atoms. The second-order valence-electron chi connectivity index (χ2n) is 8.95. The maximum absolute atomic E-state index is 13.8. The van der Waals surface area contributed by atoms with Gasteiger partial charge < -0.3 is 20.1 Å². The Morgan fingerprint density at radius 1 is 1.28 bits per heavy atom. The average molecular weight is 485 g/mol. The Balaban J connectivity index is 1.74. The van der Waals surface area contributed by atoms with Crippen LogP contribution in [0, 0.1) is 6.92 Å². The fourth-order valence-electron chi connectivity index (χ4n) is 4.97. The first kappa shape index (κ1) is 23.5. The summed E-state index contributed by atoms with van der Waals surface area (Å²) in [4.78, 5) is 22.4. The second kappa shape index (κ2) is 9.43. The van der Waals surface area contributed by atoms with E-state index in [1.54, 1.807) is 10.8 Å². The van der Waals surface area contributed by atoms with Gasteiger partial charge in [-0.2, -0.15) is 5.10 Å². The van der Waals surface area contributed by atoms with Gasteiger partial charge in [-0.25, -0.2) is 14.6 Å². The SMILES string of the molecule is C=C/C(=C\C(=C)O)c1nn(Cc2cc3cccc(C)c3c(=O)n2C2CCOCC2)c2ncnc(N)c12. The number of pyridine rings is 1. The van der Waals surface area contributed by atoms with Gasteiger partial charge in [0.25, 0.3) is 5.56 Å². The summed E-state index contributed by atoms with van der Waals surface area (Å²) in [5.74, 6) is 0.120. The van der Waals surface area contributed by atoms with Crippen LogP contribution in [0.5, 0.6) is 0 Å². The van der Waals surface area contributed by atoms with E-state index in [1.165, 1.54) is 12.4 Å². The predicted octanol–water partition coefficient (Wildman–Crippen LogP) is 4.07. The van der Waals surface area contributed by atoms with E-state index >= 15 is 0 Å². The highest BCUT2D eigenvalue weighted by Gasteiger charge is 2.24. The Bertz CT molecular complexity index is 1590. The van der Waals surface area contributed by atoms with Crippen molar-refractivity contribution in [1.29, 1.82) is 0 Å². The Kier molecular flexibility index (Phi) is 6.15. The zero-order valence-electron chi connectivity index (χ0n) is 20.1. The number of fused-ring (bicyclic) bond motifs is 2. The van der Waals surface area contributed by atoms with Gasteiger partial charge in [-0.3, -0.25) is 4.79 Å². The van der Waals surface area contributed by atoms with Gasteiger partial charge >= 0.3 is 0 Å². The number of aliphatic hydroxyl groups excluding tert-OH is 1. The van der Waals surface area contributed by atoms with E-state index in [1.807, 2.05) is 29.7 Å². The molecule has 0 spiro atoms. The van der Waals surface area contributed by atoms with Crippen molar-refractivity contribution in [1.82, 2.24) is 24.3 Å². The van der Waals surface area contributed by atoms with Crippen LogP contribution < -0.4 is 11.3 Å². The molecule has 0 aliphatic carbocycles. The fraction of sp³-hybridized carbons (Fsp3) is 0.259. The van der Waals surface area contributed by atoms with Crippen LogP contribution in [-0.4, -0.2) is 42.6 Å². The number of rotatable bonds is 6. The molecule has 1 aliphatic rings. The zero-order valence-corrected chi connectivity index (χ0v) is 20.1. The molecule has 1 saturated heterocycles. The number of allylic oxidation sites excluding steroid dienone is 3. The molecule has 1 aromatic carbocycles. The highest BCUT2D eigenvalue weighted by Crippen LogP contribution is 2.30. The van der Waals surface area contributed by atoms with Crippen LogP contribution in [0.15, 0.2) is 66.5 Å². The zero-order chi connectivity index (χ0) is 25.4. The number of aromatic nitrogens is 5. The first-order valence-corrected chi connectivity index (χ1v) is 11.8. The van der Waals surface area contributed by atoms with Crippen LogP contribution in [0.3, 0.4) is 0 Å². The van der Waals surface area contributed by atoms with E-state index in [9.17, 15) is 9.90 Å². The molecule has 4 aromatic rings. The molecule has 9 nitrogen and oxygen atoms in total. The van der Waals surface area contributed by atoms with Gasteiger partial charge in [0.15, 0.2) is 5.65 Å². The molecular formula is C27H28N6O3. The van der Waals surface area contributed by atoms with E-state index < -0.39 is 0 Å². The number of benzene rings is 1. The molecule has 1 aliphatic heterocycles. The minimum atomic E-state index is -0.138. The third-order valence-corrected chi connectivity index (χ3v) is 6.61. The minimum absolute atomic E-state index is 0.0124. The molecule has 9 heteroatoms. The van der Waals surface area contributed by atoms with Gasteiger partial charge in [0.1, 0.15) is 23.6 Å². The van der Waals surface area contributed by atoms with Crippen molar-refractivity contribution >= 4 is 33.2 Å². The summed E-state index contributed by atoms with van der Waals surface area (Å²) in [5.41, 5.74) is 9.50. The molecule has 1 fully saturated rings. The molecular weight excluding hydrogens is 456 g/mol. The number of anilines is 1. The van der Waals surface area contributed by atoms with Gasteiger partial charge in [-0.1, -0.05) is 37.4 Å². The molecule has 184 valence electrons. The van der Waals surface area contributed by atoms with Crippen molar-refractivity contribution < 1.29 is 9.84 Å². The standard InChI is InChI=1S/C27H28N6O3/c1-4-18(12-17(3)34)24-23-25(28)29-15-30-26(23)32(31-24)14-21-13-19-7-5-6-16(2)22(19)27(35)33(21)20-8-10-36-11-9-20/h4-7,12-13,15,20,34H,1,3,8-11,14H2,2H3,(H2,28,29,30)/b18-12+. The van der Waals surface area contributed by atoms with E-state index in [2.05, 4.69) is 29.2 Å². The second-order valence-corrected chi connectivity index (χ2v) is 8.95. The monoisotopic (exact) mass is 484 g/mol. The Hall–Kier alpha value is -4.24. The maximum Gasteiger partial charge on any atom is 0.259 e. The molecule has 0 saturated carbocycles. The van der Waals surface area contributed by atoms with Crippen molar-refractivity contribution in [2.45, 2.75) is 32.4 Å². The maximum atomic E-state index is 13.8. The molecule has 0 radical (unpaired) electrons. The lowest BCUT2D eigenvalue weighted by atomic mass is 10.0. The van der Waals surface area contributed by atoms with Crippen molar-refractivity contribution in [2.24, 2.45) is 0 Å². The topological polar surface area (TPSA) is 121 Å². The largest absolute Gasteiger partial charge is 0.509 e. The lowest BCUT2D eigenvalue weighted by Crippen LogP contribution is -2.32. The third-order valence-electron chi connectivity index (χ3n) is 6.61. The first-order valence-electron chi connectivity index (χ1n) is 11.8. The number of aliphatic hydroxyl groups is 1. The molecule has 0 atom stereocenters. The average Bonchev–Trinajstić information content (AvgIpc) is 3.22. The molecule has 0 amide bonds. The lowest BCUT2D eigenvalue weighted by Gasteiger charge is -2.27. The van der Waals surface area contributed by atoms with Gasteiger partial charge in [0, 0.05) is 30.5 Å². The Labute approximate surface area is 207 Å². The van der Waals surface area contributed by atoms with Crippen LogP contribution in [-0.2, 0) is 11.3 Å². The first-order chi connectivity index (χ1) is 17.4. The van der Waals surface area contributed by atoms with E-state index in [-0.39, 0.29) is 29.7 Å². The van der Waals surface area contributed by atoms with Crippen LogP contribution in [0.25, 0.3) is 27.4 Å². The summed E-state index contributed by atoms with van der Waals surface area (Å²) in [6.45, 7) is 10.8. The number of nitrogens with zero attached hydrogens (tertiary/aromatic N) is 5. The Morgan fingerprint density at radius 2 is 2.06 bits per heavy atom. The summed E-state index contributed by atoms with van der Waals surface area (Å²) < 4.78 is 9.18. The minimum Gasteiger partial charge on any atom is -0.509 e. The van der Waals surface area contributed by atoms with Crippen LogP contribution in [0.4, 0.5) is 5.82 Å². The van der Waals surface area contributed by atoms with Gasteiger partial charge in [0.2, 0.25) is 0 Å². The smallest absolute Gasteiger partial charge is 0.259 e. The fourth-order valence-corrected chi connectivity index (χ4v) is 4.97. The van der Waals surface area contributed by atoms with E-state index in [0.29, 0.717) is 35.5 Å². The number of aryl methyl sites for hydroxylation is 1. The summed E-state index contributed by atoms with van der Waals surface area (Å²) >= 11 is 0. The van der Waals surface area contributed by atoms with E-state index in [4.69, 9.17) is 15.6 Å². The highest BCUT2D eigenvalue weighted by atomic mass is 16.5. The summed E-state index contributed by atoms with van der Waals surface area (Å²) in [6, 6.07) is 7.95. The van der Waals surface area contributed by atoms with Crippen LogP contribution >= 0.6 is 0 Å². The molecule has 3 aromatic heterocycles. The quantitative estimate of drug-likeness (QED) is 0.312. The third kappa shape index (κ3) is 4.07. The van der Waals surface area contributed by atoms with Crippen molar-refractivity contribution in [3.05, 3.63) is 89.0 Å².